The zero-order valence-corrected chi connectivity index (χ0v) is 15.6. The highest BCUT2D eigenvalue weighted by Gasteiger charge is 2.38. The van der Waals surface area contributed by atoms with Gasteiger partial charge in [0.2, 0.25) is 0 Å². The van der Waals surface area contributed by atoms with Crippen LogP contribution in [0.3, 0.4) is 0 Å². The molecule has 2 heterocycles. The zero-order chi connectivity index (χ0) is 18.8. The van der Waals surface area contributed by atoms with Gasteiger partial charge in [-0.2, -0.15) is 10.5 Å². The second kappa shape index (κ2) is 7.19. The van der Waals surface area contributed by atoms with Crippen molar-refractivity contribution in [1.82, 2.24) is 9.13 Å². The van der Waals surface area contributed by atoms with Gasteiger partial charge in [0, 0.05) is 26.3 Å². The molecule has 0 atom stereocenters. The molecule has 0 saturated heterocycles. The minimum Gasteiger partial charge on any atom is -0.557 e. The number of aromatic nitrogens is 2. The molecular formula is C18H24BN4O2-. The third-order valence-electron chi connectivity index (χ3n) is 4.26. The summed E-state index contributed by atoms with van der Waals surface area (Å²) in [5.41, 5.74) is 2.58. The van der Waals surface area contributed by atoms with E-state index in [4.69, 9.17) is 9.31 Å². The summed E-state index contributed by atoms with van der Waals surface area (Å²) < 4.78 is 16.3. The second-order valence-electron chi connectivity index (χ2n) is 6.71. The highest BCUT2D eigenvalue weighted by Crippen LogP contribution is 2.17. The summed E-state index contributed by atoms with van der Waals surface area (Å²) in [4.78, 5) is 0. The Balaban J connectivity index is 2.80. The van der Waals surface area contributed by atoms with Crippen molar-refractivity contribution >= 4 is 17.7 Å². The maximum absolute atomic E-state index is 9.33. The summed E-state index contributed by atoms with van der Waals surface area (Å²) in [6.45, 7) is 5.70. The van der Waals surface area contributed by atoms with Crippen LogP contribution >= 0.6 is 0 Å². The third-order valence-corrected chi connectivity index (χ3v) is 4.26. The molecule has 0 N–H and O–H groups in total. The molecule has 0 amide bonds. The van der Waals surface area contributed by atoms with Crippen LogP contribution < -0.4 is 11.2 Å². The summed E-state index contributed by atoms with van der Waals surface area (Å²) in [7, 11) is 3.65. The van der Waals surface area contributed by atoms with E-state index in [9.17, 15) is 10.5 Å². The van der Waals surface area contributed by atoms with E-state index < -0.39 is 6.55 Å². The molecule has 0 aliphatic heterocycles. The Labute approximate surface area is 149 Å². The topological polar surface area (TPSA) is 75.9 Å². The van der Waals surface area contributed by atoms with Crippen LogP contribution in [-0.2, 0) is 23.4 Å². The van der Waals surface area contributed by atoms with E-state index in [2.05, 4.69) is 12.1 Å². The van der Waals surface area contributed by atoms with E-state index >= 15 is 0 Å². The molecule has 0 spiro atoms. The molecular weight excluding hydrogens is 315 g/mol. The number of hydrogen-bond donors (Lipinski definition) is 0. The molecule has 0 aliphatic carbocycles. The smallest absolute Gasteiger partial charge is 0.330 e. The second-order valence-corrected chi connectivity index (χ2v) is 6.71. The monoisotopic (exact) mass is 339 g/mol. The van der Waals surface area contributed by atoms with Crippen LogP contribution in [0, 0.1) is 22.7 Å². The Hall–Kier alpha value is -2.48. The summed E-state index contributed by atoms with van der Waals surface area (Å²) in [5.74, 6) is 0. The molecule has 0 saturated carbocycles. The van der Waals surface area contributed by atoms with Gasteiger partial charge in [-0.25, -0.2) is 0 Å². The van der Waals surface area contributed by atoms with Gasteiger partial charge >= 0.3 is 6.55 Å². The Morgan fingerprint density at radius 3 is 1.40 bits per heavy atom. The van der Waals surface area contributed by atoms with Gasteiger partial charge in [-0.15, -0.1) is 0 Å². The Bertz CT molecular complexity index is 766. The standard InChI is InChI=1S/C18H24BN4O2/c1-13(2)24-19(25-14(3)4,17-9-7-15(11-20)22(17)5)18-10-8-16(12-21)23(18)6/h7-10,13-14H,1-6H3/q-1. The molecule has 2 aromatic heterocycles. The van der Waals surface area contributed by atoms with Crippen LogP contribution in [0.4, 0.5) is 0 Å². The van der Waals surface area contributed by atoms with E-state index in [-0.39, 0.29) is 12.2 Å². The van der Waals surface area contributed by atoms with Crippen LogP contribution in [-0.4, -0.2) is 27.9 Å². The Kier molecular flexibility index (Phi) is 5.42. The van der Waals surface area contributed by atoms with Crippen molar-refractivity contribution in [3.63, 3.8) is 0 Å². The Morgan fingerprint density at radius 2 is 1.16 bits per heavy atom. The van der Waals surface area contributed by atoms with E-state index in [1.807, 2.05) is 53.9 Å². The lowest BCUT2D eigenvalue weighted by Gasteiger charge is -2.46. The quantitative estimate of drug-likeness (QED) is 0.748. The summed E-state index contributed by atoms with van der Waals surface area (Å²) in [6.07, 6.45) is -0.223. The molecule has 6 nitrogen and oxygen atoms in total. The maximum Gasteiger partial charge on any atom is 0.330 e. The van der Waals surface area contributed by atoms with Gasteiger partial charge in [-0.05, 0) is 39.8 Å². The SMILES string of the molecule is CC(C)O[B-](OC(C)C)(c1ccc(C#N)n1C)c1ccc(C#N)n1C. The first-order valence-electron chi connectivity index (χ1n) is 8.39. The average Bonchev–Trinajstić information content (AvgIpc) is 3.08. The summed E-state index contributed by atoms with van der Waals surface area (Å²) in [6, 6.07) is 11.6. The van der Waals surface area contributed by atoms with Crippen molar-refractivity contribution in [3.8, 4) is 12.1 Å². The first-order valence-corrected chi connectivity index (χ1v) is 8.39. The van der Waals surface area contributed by atoms with E-state index in [0.717, 1.165) is 11.2 Å². The number of nitrogens with zero attached hydrogens (tertiary/aromatic N) is 4. The van der Waals surface area contributed by atoms with Crippen LogP contribution in [0.15, 0.2) is 24.3 Å². The minimum absolute atomic E-state index is 0.111. The van der Waals surface area contributed by atoms with Gasteiger partial charge in [-0.3, -0.25) is 0 Å². The molecule has 132 valence electrons. The molecule has 25 heavy (non-hydrogen) atoms. The van der Waals surface area contributed by atoms with Crippen molar-refractivity contribution in [2.45, 2.75) is 39.9 Å². The zero-order valence-electron chi connectivity index (χ0n) is 15.6. The first kappa shape index (κ1) is 18.9. The van der Waals surface area contributed by atoms with Crippen LogP contribution in [0.5, 0.6) is 0 Å². The maximum atomic E-state index is 9.33. The molecule has 0 aromatic carbocycles. The van der Waals surface area contributed by atoms with Gasteiger partial charge in [-0.1, -0.05) is 23.3 Å². The van der Waals surface area contributed by atoms with E-state index in [1.165, 1.54) is 0 Å². The molecule has 0 fully saturated rings. The summed E-state index contributed by atoms with van der Waals surface area (Å²) in [5, 5.41) is 18.7. The number of hydrogen-bond acceptors (Lipinski definition) is 4. The molecule has 0 aliphatic rings. The predicted octanol–water partition coefficient (Wildman–Crippen LogP) is 1.51. The van der Waals surface area contributed by atoms with Crippen LogP contribution in [0.1, 0.15) is 39.1 Å². The van der Waals surface area contributed by atoms with Gasteiger partial charge in [0.25, 0.3) is 0 Å². The van der Waals surface area contributed by atoms with E-state index in [1.54, 1.807) is 21.3 Å². The fourth-order valence-electron chi connectivity index (χ4n) is 3.27. The molecule has 0 bridgehead atoms. The lowest BCUT2D eigenvalue weighted by atomic mass is 9.50. The summed E-state index contributed by atoms with van der Waals surface area (Å²) >= 11 is 0. The van der Waals surface area contributed by atoms with E-state index in [0.29, 0.717) is 11.4 Å². The minimum atomic E-state index is -2.08. The van der Waals surface area contributed by atoms with Crippen molar-refractivity contribution in [1.29, 1.82) is 10.5 Å². The van der Waals surface area contributed by atoms with Crippen molar-refractivity contribution in [2.75, 3.05) is 0 Å². The van der Waals surface area contributed by atoms with Crippen LogP contribution in [0.25, 0.3) is 0 Å². The highest BCUT2D eigenvalue weighted by molar-refractivity contribution is 6.91. The average molecular weight is 339 g/mol. The molecule has 7 heteroatoms. The fourth-order valence-corrected chi connectivity index (χ4v) is 3.27. The molecule has 0 unspecified atom stereocenters. The van der Waals surface area contributed by atoms with Gasteiger partial charge < -0.3 is 18.4 Å². The molecule has 2 aromatic rings. The molecule has 2 rings (SSSR count). The lowest BCUT2D eigenvalue weighted by molar-refractivity contribution is 0.123. The van der Waals surface area contributed by atoms with Crippen molar-refractivity contribution < 1.29 is 9.31 Å². The normalized spacial score (nSPS) is 11.8. The predicted molar refractivity (Wildman–Crippen MR) is 97.7 cm³/mol. The fraction of sp³-hybridized carbons (Fsp3) is 0.444. The lowest BCUT2D eigenvalue weighted by Crippen LogP contribution is -2.68. The number of nitriles is 2. The largest absolute Gasteiger partial charge is 0.557 e. The van der Waals surface area contributed by atoms with Crippen molar-refractivity contribution in [2.24, 2.45) is 14.1 Å². The first-order chi connectivity index (χ1) is 11.8. The van der Waals surface area contributed by atoms with Gasteiger partial charge in [0.05, 0.1) is 0 Å². The van der Waals surface area contributed by atoms with Gasteiger partial charge in [0.1, 0.15) is 23.5 Å². The third kappa shape index (κ3) is 3.35. The highest BCUT2D eigenvalue weighted by atomic mass is 16.6. The van der Waals surface area contributed by atoms with Crippen LogP contribution in [0.2, 0.25) is 0 Å². The number of rotatable bonds is 6. The molecule has 0 radical (unpaired) electrons. The van der Waals surface area contributed by atoms with Crippen molar-refractivity contribution in [3.05, 3.63) is 35.7 Å². The Morgan fingerprint density at radius 1 is 0.800 bits per heavy atom. The van der Waals surface area contributed by atoms with Gasteiger partial charge in [0.15, 0.2) is 0 Å².